The van der Waals surface area contributed by atoms with Gasteiger partial charge >= 0.3 is 11.4 Å². The Morgan fingerprint density at radius 3 is 2.54 bits per heavy atom. The molecule has 0 spiro atoms. The largest absolute Gasteiger partial charge is 0.456 e. The van der Waals surface area contributed by atoms with Crippen molar-refractivity contribution >= 4 is 11.4 Å². The highest BCUT2D eigenvalue weighted by molar-refractivity contribution is 7.74. The number of aliphatic hydroxyl groups excluding tert-OH is 1. The van der Waals surface area contributed by atoms with Crippen LogP contribution in [-0.2, 0) is 15.5 Å². The first-order valence-electron chi connectivity index (χ1n) is 7.16. The van der Waals surface area contributed by atoms with Gasteiger partial charge in [0.2, 0.25) is 0 Å². The highest BCUT2D eigenvalue weighted by Gasteiger charge is 2.23. The molecule has 2 N–H and O–H groups in total. The van der Waals surface area contributed by atoms with Crippen LogP contribution in [0.4, 0.5) is 0 Å². The second kappa shape index (κ2) is 8.04. The van der Waals surface area contributed by atoms with E-state index in [-0.39, 0.29) is 0 Å². The summed E-state index contributed by atoms with van der Waals surface area (Å²) in [4.78, 5) is 0. The van der Waals surface area contributed by atoms with Crippen LogP contribution in [0.3, 0.4) is 0 Å². The summed E-state index contributed by atoms with van der Waals surface area (Å²) in [5.74, 6) is 0.945. The van der Waals surface area contributed by atoms with Gasteiger partial charge in [0.05, 0.1) is 11.7 Å². The maximum atomic E-state index is 10.9. The van der Waals surface area contributed by atoms with E-state index in [9.17, 15) is 9.32 Å². The minimum Gasteiger partial charge on any atom is -0.456 e. The molecular weight excluding hydrogens is 330 g/mol. The van der Waals surface area contributed by atoms with Crippen LogP contribution in [0.5, 0.6) is 11.5 Å². The van der Waals surface area contributed by atoms with Crippen molar-refractivity contribution in [2.75, 3.05) is 0 Å². The van der Waals surface area contributed by atoms with Gasteiger partial charge in [-0.2, -0.15) is 9.47 Å². The molecule has 0 aliphatic rings. The average Bonchev–Trinajstić information content (AvgIpc) is 2.53. The van der Waals surface area contributed by atoms with E-state index in [1.807, 2.05) is 0 Å². The Kier molecular flexibility index (Phi) is 6.06. The van der Waals surface area contributed by atoms with Crippen LogP contribution in [0.1, 0.15) is 29.7 Å². The van der Waals surface area contributed by atoms with E-state index in [1.54, 1.807) is 49.4 Å². The lowest BCUT2D eigenvalue weighted by molar-refractivity contribution is 0.0507. The molecule has 126 valence electrons. The molecule has 0 saturated carbocycles. The molecule has 0 bridgehead atoms. The first-order chi connectivity index (χ1) is 11.4. The summed E-state index contributed by atoms with van der Waals surface area (Å²) >= 11 is -2.49. The van der Waals surface area contributed by atoms with E-state index < -0.39 is 23.6 Å². The molecule has 0 aliphatic heterocycles. The SMILES string of the molecule is Cc1cc(Oc2ccccc2C#N)ccc1C(OS(=O)O)C(C)O. The molecule has 3 atom stereocenters. The van der Waals surface area contributed by atoms with Crippen molar-refractivity contribution in [3.05, 3.63) is 59.2 Å². The van der Waals surface area contributed by atoms with Gasteiger partial charge < -0.3 is 9.84 Å². The number of rotatable bonds is 6. The summed E-state index contributed by atoms with van der Waals surface area (Å²) in [6.07, 6.45) is -1.90. The number of para-hydroxylation sites is 1. The van der Waals surface area contributed by atoms with Gasteiger partial charge in [0.15, 0.2) is 0 Å². The molecule has 2 aromatic rings. The lowest BCUT2D eigenvalue weighted by Crippen LogP contribution is -2.20. The van der Waals surface area contributed by atoms with Crippen LogP contribution in [0.25, 0.3) is 0 Å². The second-order valence-corrected chi connectivity index (χ2v) is 5.83. The third-order valence-electron chi connectivity index (χ3n) is 3.41. The van der Waals surface area contributed by atoms with E-state index in [2.05, 4.69) is 6.07 Å². The summed E-state index contributed by atoms with van der Waals surface area (Å²) < 4.78 is 30.4. The van der Waals surface area contributed by atoms with E-state index >= 15 is 0 Å². The number of aliphatic hydroxyl groups is 1. The second-order valence-electron chi connectivity index (χ2n) is 5.20. The number of nitrogens with zero attached hydrogens (tertiary/aromatic N) is 1. The molecule has 0 fully saturated rings. The van der Waals surface area contributed by atoms with Crippen molar-refractivity contribution in [3.63, 3.8) is 0 Å². The van der Waals surface area contributed by atoms with Gasteiger partial charge in [0.25, 0.3) is 0 Å². The molecule has 0 heterocycles. The van der Waals surface area contributed by atoms with Crippen molar-refractivity contribution in [2.45, 2.75) is 26.1 Å². The monoisotopic (exact) mass is 347 g/mol. The molecule has 24 heavy (non-hydrogen) atoms. The molecule has 7 heteroatoms. The zero-order valence-corrected chi connectivity index (χ0v) is 14.0. The summed E-state index contributed by atoms with van der Waals surface area (Å²) in [5.41, 5.74) is 1.71. The van der Waals surface area contributed by atoms with Crippen LogP contribution in [-0.4, -0.2) is 20.0 Å². The quantitative estimate of drug-likeness (QED) is 0.778. The predicted molar refractivity (Wildman–Crippen MR) is 88.7 cm³/mol. The molecule has 0 radical (unpaired) electrons. The van der Waals surface area contributed by atoms with Gasteiger partial charge in [0, 0.05) is 0 Å². The third kappa shape index (κ3) is 4.40. The van der Waals surface area contributed by atoms with Crippen molar-refractivity contribution in [1.29, 1.82) is 5.26 Å². The number of benzene rings is 2. The minimum absolute atomic E-state index is 0.417. The van der Waals surface area contributed by atoms with Crippen LogP contribution in [0, 0.1) is 18.3 Å². The first-order valence-corrected chi connectivity index (χ1v) is 8.19. The fourth-order valence-corrected chi connectivity index (χ4v) is 2.73. The summed E-state index contributed by atoms with van der Waals surface area (Å²) in [5, 5.41) is 18.9. The molecule has 0 aliphatic carbocycles. The fourth-order valence-electron chi connectivity index (χ4n) is 2.29. The molecule has 0 aromatic heterocycles. The van der Waals surface area contributed by atoms with Gasteiger partial charge in [-0.3, -0.25) is 8.74 Å². The van der Waals surface area contributed by atoms with E-state index in [0.717, 1.165) is 5.56 Å². The molecular formula is C17H17NO5S. The van der Waals surface area contributed by atoms with E-state index in [4.69, 9.17) is 18.7 Å². The lowest BCUT2D eigenvalue weighted by atomic mass is 10.00. The molecule has 2 rings (SSSR count). The van der Waals surface area contributed by atoms with Crippen molar-refractivity contribution in [1.82, 2.24) is 0 Å². The van der Waals surface area contributed by atoms with E-state index in [1.165, 1.54) is 6.92 Å². The van der Waals surface area contributed by atoms with Crippen LogP contribution in [0.15, 0.2) is 42.5 Å². The van der Waals surface area contributed by atoms with Gasteiger partial charge in [-0.15, -0.1) is 0 Å². The maximum absolute atomic E-state index is 10.9. The summed E-state index contributed by atoms with van der Waals surface area (Å²) in [6, 6.07) is 13.9. The first kappa shape index (κ1) is 18.1. The average molecular weight is 347 g/mol. The smallest absolute Gasteiger partial charge is 0.302 e. The standard InChI is InChI=1S/C17H17NO5S/c1-11-9-14(22-16-6-4-3-5-13(16)10-18)7-8-15(11)17(12(2)19)23-24(20)21/h3-9,12,17,19H,1-2H3,(H,20,21). The van der Waals surface area contributed by atoms with Gasteiger partial charge in [-0.1, -0.05) is 18.2 Å². The highest BCUT2D eigenvalue weighted by atomic mass is 32.2. The Bertz CT molecular complexity index is 785. The van der Waals surface area contributed by atoms with Gasteiger partial charge in [-0.25, -0.2) is 0 Å². The van der Waals surface area contributed by atoms with Crippen LogP contribution >= 0.6 is 0 Å². The molecule has 2 aromatic carbocycles. The molecule has 3 unspecified atom stereocenters. The Morgan fingerprint density at radius 1 is 1.25 bits per heavy atom. The number of hydrogen-bond acceptors (Lipinski definition) is 5. The van der Waals surface area contributed by atoms with Gasteiger partial charge in [-0.05, 0) is 49.2 Å². The number of ether oxygens (including phenoxy) is 1. The maximum Gasteiger partial charge on any atom is 0.302 e. The van der Waals surface area contributed by atoms with Crippen LogP contribution < -0.4 is 4.74 Å². The lowest BCUT2D eigenvalue weighted by Gasteiger charge is -2.20. The van der Waals surface area contributed by atoms with Crippen molar-refractivity contribution in [2.24, 2.45) is 0 Å². The molecule has 0 amide bonds. The zero-order valence-electron chi connectivity index (χ0n) is 13.2. The van der Waals surface area contributed by atoms with E-state index in [0.29, 0.717) is 22.6 Å². The Labute approximate surface area is 142 Å². The summed E-state index contributed by atoms with van der Waals surface area (Å²) in [6.45, 7) is 3.25. The van der Waals surface area contributed by atoms with Crippen molar-refractivity contribution in [3.8, 4) is 17.6 Å². The Morgan fingerprint density at radius 2 is 1.96 bits per heavy atom. The molecule has 6 nitrogen and oxygen atoms in total. The predicted octanol–water partition coefficient (Wildman–Crippen LogP) is 3.23. The zero-order chi connectivity index (χ0) is 17.7. The Balaban J connectivity index is 2.29. The minimum atomic E-state index is -2.49. The number of nitriles is 1. The topological polar surface area (TPSA) is 99.8 Å². The van der Waals surface area contributed by atoms with Crippen molar-refractivity contribution < 1.29 is 22.8 Å². The van der Waals surface area contributed by atoms with Crippen LogP contribution in [0.2, 0.25) is 0 Å². The highest BCUT2D eigenvalue weighted by Crippen LogP contribution is 2.31. The normalized spacial score (nSPS) is 14.5. The summed E-state index contributed by atoms with van der Waals surface area (Å²) in [7, 11) is 0. The van der Waals surface area contributed by atoms with Gasteiger partial charge in [0.1, 0.15) is 23.7 Å². The number of hydrogen-bond donors (Lipinski definition) is 2. The number of aryl methyl sites for hydroxylation is 1. The third-order valence-corrected chi connectivity index (χ3v) is 3.78. The fraction of sp³-hybridized carbons (Fsp3) is 0.235. The Hall–Kier alpha value is -2.24. The molecule has 0 saturated heterocycles.